The van der Waals surface area contributed by atoms with Crippen LogP contribution in [0.3, 0.4) is 0 Å². The molecular formula is C14H21N3O2. The number of pyridine rings is 1. The summed E-state index contributed by atoms with van der Waals surface area (Å²) in [6.45, 7) is 4.11. The lowest BCUT2D eigenvalue weighted by atomic mass is 10.1. The molecule has 1 saturated heterocycles. The normalized spacial score (nSPS) is 16.2. The Kier molecular flexibility index (Phi) is 5.15. The largest absolute Gasteiger partial charge is 0.619 e. The highest BCUT2D eigenvalue weighted by atomic mass is 16.5. The zero-order chi connectivity index (χ0) is 13.5. The molecule has 1 N–H and O–H groups in total. The number of likely N-dealkylation sites (tertiary alicyclic amines) is 1. The van der Waals surface area contributed by atoms with E-state index in [4.69, 9.17) is 0 Å². The van der Waals surface area contributed by atoms with E-state index in [1.165, 1.54) is 56.9 Å². The molecule has 0 atom stereocenters. The van der Waals surface area contributed by atoms with Crippen LogP contribution in [-0.2, 0) is 0 Å². The van der Waals surface area contributed by atoms with Crippen molar-refractivity contribution in [2.45, 2.75) is 25.7 Å². The molecule has 0 aliphatic carbocycles. The van der Waals surface area contributed by atoms with Gasteiger partial charge in [-0.2, -0.15) is 4.73 Å². The molecule has 1 fully saturated rings. The summed E-state index contributed by atoms with van der Waals surface area (Å²) in [6, 6.07) is 3.07. The summed E-state index contributed by atoms with van der Waals surface area (Å²) < 4.78 is 0.674. The van der Waals surface area contributed by atoms with Gasteiger partial charge in [0.15, 0.2) is 12.4 Å². The second-order valence-electron chi connectivity index (χ2n) is 4.96. The molecule has 5 nitrogen and oxygen atoms in total. The van der Waals surface area contributed by atoms with Gasteiger partial charge in [-0.05, 0) is 38.9 Å². The van der Waals surface area contributed by atoms with Crippen molar-refractivity contribution in [3.63, 3.8) is 0 Å². The molecule has 0 unspecified atom stereocenters. The van der Waals surface area contributed by atoms with Crippen LogP contribution in [0.15, 0.2) is 24.5 Å². The molecule has 19 heavy (non-hydrogen) atoms. The Balaban J connectivity index is 1.64. The molecule has 1 aromatic heterocycles. The maximum absolute atomic E-state index is 11.8. The summed E-state index contributed by atoms with van der Waals surface area (Å²) in [6.07, 6.45) is 7.59. The van der Waals surface area contributed by atoms with E-state index >= 15 is 0 Å². The zero-order valence-corrected chi connectivity index (χ0v) is 11.2. The number of piperidine rings is 1. The summed E-state index contributed by atoms with van der Waals surface area (Å²) in [5.41, 5.74) is 0.532. The molecule has 2 heterocycles. The first-order chi connectivity index (χ1) is 9.25. The number of carbonyl (C=O) groups is 1. The quantitative estimate of drug-likeness (QED) is 0.488. The van der Waals surface area contributed by atoms with Crippen LogP contribution in [0.1, 0.15) is 36.0 Å². The van der Waals surface area contributed by atoms with Gasteiger partial charge in [-0.25, -0.2) is 0 Å². The van der Waals surface area contributed by atoms with Gasteiger partial charge in [0.1, 0.15) is 0 Å². The van der Waals surface area contributed by atoms with Gasteiger partial charge >= 0.3 is 0 Å². The number of hydrogen-bond acceptors (Lipinski definition) is 3. The minimum atomic E-state index is -0.112. The van der Waals surface area contributed by atoms with Crippen molar-refractivity contribution in [3.8, 4) is 0 Å². The third-order valence-electron chi connectivity index (χ3n) is 3.45. The monoisotopic (exact) mass is 263 g/mol. The molecule has 0 spiro atoms. The molecule has 0 saturated carbocycles. The van der Waals surface area contributed by atoms with Gasteiger partial charge < -0.3 is 15.4 Å². The molecule has 0 bridgehead atoms. The number of aromatic nitrogens is 1. The predicted molar refractivity (Wildman–Crippen MR) is 72.6 cm³/mol. The number of rotatable bonds is 5. The number of nitrogens with zero attached hydrogens (tertiary/aromatic N) is 2. The number of nitrogens with one attached hydrogen (secondary N) is 1. The van der Waals surface area contributed by atoms with Crippen molar-refractivity contribution in [1.82, 2.24) is 10.2 Å². The number of carbonyl (C=O) groups excluding carboxylic acids is 1. The predicted octanol–water partition coefficient (Wildman–Crippen LogP) is 0.926. The molecule has 2 rings (SSSR count). The fourth-order valence-electron chi connectivity index (χ4n) is 2.35. The zero-order valence-electron chi connectivity index (χ0n) is 11.2. The van der Waals surface area contributed by atoms with E-state index in [0.29, 0.717) is 16.8 Å². The van der Waals surface area contributed by atoms with Crippen LogP contribution >= 0.6 is 0 Å². The van der Waals surface area contributed by atoms with Crippen molar-refractivity contribution < 1.29 is 9.52 Å². The Labute approximate surface area is 113 Å². The highest BCUT2D eigenvalue weighted by Crippen LogP contribution is 2.08. The smallest absolute Gasteiger partial charge is 0.251 e. The summed E-state index contributed by atoms with van der Waals surface area (Å²) in [7, 11) is 0. The van der Waals surface area contributed by atoms with Crippen molar-refractivity contribution in [2.75, 3.05) is 26.2 Å². The van der Waals surface area contributed by atoms with E-state index in [1.807, 2.05) is 0 Å². The molecule has 1 amide bonds. The van der Waals surface area contributed by atoms with Gasteiger partial charge in [0.2, 0.25) is 0 Å². The van der Waals surface area contributed by atoms with Crippen LogP contribution in [0.25, 0.3) is 0 Å². The second kappa shape index (κ2) is 7.09. The van der Waals surface area contributed by atoms with Gasteiger partial charge in [0.25, 0.3) is 5.91 Å². The minimum Gasteiger partial charge on any atom is -0.619 e. The molecule has 1 aromatic rings. The Bertz CT molecular complexity index is 400. The molecule has 5 heteroatoms. The third kappa shape index (κ3) is 4.52. The summed E-state index contributed by atoms with van der Waals surface area (Å²) in [5.74, 6) is -0.112. The maximum Gasteiger partial charge on any atom is 0.251 e. The van der Waals surface area contributed by atoms with Crippen LogP contribution in [0.2, 0.25) is 0 Å². The van der Waals surface area contributed by atoms with Crippen LogP contribution < -0.4 is 10.0 Å². The lowest BCUT2D eigenvalue weighted by Crippen LogP contribution is -2.33. The van der Waals surface area contributed by atoms with Crippen LogP contribution in [-0.4, -0.2) is 37.0 Å². The third-order valence-corrected chi connectivity index (χ3v) is 3.45. The van der Waals surface area contributed by atoms with Gasteiger partial charge in [0.05, 0.1) is 5.56 Å². The van der Waals surface area contributed by atoms with E-state index in [0.717, 1.165) is 13.0 Å². The Hall–Kier alpha value is -1.62. The summed E-state index contributed by atoms with van der Waals surface area (Å²) >= 11 is 0. The van der Waals surface area contributed by atoms with E-state index in [-0.39, 0.29) is 5.91 Å². The number of hydrogen-bond donors (Lipinski definition) is 1. The first-order valence-corrected chi connectivity index (χ1v) is 6.95. The van der Waals surface area contributed by atoms with Gasteiger partial charge in [-0.15, -0.1) is 0 Å². The first kappa shape index (κ1) is 13.8. The Morgan fingerprint density at radius 1 is 1.26 bits per heavy atom. The highest BCUT2D eigenvalue weighted by molar-refractivity contribution is 5.93. The fraction of sp³-hybridized carbons (Fsp3) is 0.571. The van der Waals surface area contributed by atoms with Crippen molar-refractivity contribution in [3.05, 3.63) is 35.3 Å². The average Bonchev–Trinajstić information content (AvgIpc) is 2.45. The molecule has 0 aromatic carbocycles. The van der Waals surface area contributed by atoms with Crippen molar-refractivity contribution in [1.29, 1.82) is 0 Å². The SMILES string of the molecule is O=C(NCCCN1CCCCC1)c1cc[n+]([O-])cc1. The maximum atomic E-state index is 11.8. The van der Waals surface area contributed by atoms with Crippen molar-refractivity contribution in [2.24, 2.45) is 0 Å². The van der Waals surface area contributed by atoms with E-state index in [9.17, 15) is 10.0 Å². The van der Waals surface area contributed by atoms with Crippen LogP contribution in [0, 0.1) is 5.21 Å². The first-order valence-electron chi connectivity index (χ1n) is 6.95. The Morgan fingerprint density at radius 3 is 2.63 bits per heavy atom. The number of amides is 1. The standard InChI is InChI=1S/C14H21N3O2/c18-14(13-5-11-17(19)12-6-13)15-7-4-10-16-8-2-1-3-9-16/h5-6,11-12H,1-4,7-10H2,(H,15,18). The second-order valence-corrected chi connectivity index (χ2v) is 4.96. The molecular weight excluding hydrogens is 242 g/mol. The van der Waals surface area contributed by atoms with Gasteiger partial charge in [-0.1, -0.05) is 6.42 Å². The van der Waals surface area contributed by atoms with Crippen molar-refractivity contribution >= 4 is 5.91 Å². The topological polar surface area (TPSA) is 59.3 Å². The molecule has 104 valence electrons. The van der Waals surface area contributed by atoms with Gasteiger partial charge in [0, 0.05) is 18.7 Å². The molecule has 0 radical (unpaired) electrons. The van der Waals surface area contributed by atoms with E-state index < -0.39 is 0 Å². The average molecular weight is 263 g/mol. The minimum absolute atomic E-state index is 0.112. The van der Waals surface area contributed by atoms with Crippen LogP contribution in [0.5, 0.6) is 0 Å². The fourth-order valence-corrected chi connectivity index (χ4v) is 2.35. The Morgan fingerprint density at radius 2 is 1.95 bits per heavy atom. The van der Waals surface area contributed by atoms with Gasteiger partial charge in [-0.3, -0.25) is 4.79 Å². The highest BCUT2D eigenvalue weighted by Gasteiger charge is 2.10. The lowest BCUT2D eigenvalue weighted by Gasteiger charge is -2.26. The molecule has 1 aliphatic rings. The summed E-state index contributed by atoms with van der Waals surface area (Å²) in [5, 5.41) is 13.7. The molecule has 1 aliphatic heterocycles. The van der Waals surface area contributed by atoms with E-state index in [1.54, 1.807) is 0 Å². The van der Waals surface area contributed by atoms with Crippen LogP contribution in [0.4, 0.5) is 0 Å². The lowest BCUT2D eigenvalue weighted by molar-refractivity contribution is -0.605. The summed E-state index contributed by atoms with van der Waals surface area (Å²) in [4.78, 5) is 14.2. The van der Waals surface area contributed by atoms with E-state index in [2.05, 4.69) is 10.2 Å².